The lowest BCUT2D eigenvalue weighted by Crippen LogP contribution is -2.19. The highest BCUT2D eigenvalue weighted by Crippen LogP contribution is 2.41. The lowest BCUT2D eigenvalue weighted by molar-refractivity contribution is 0.0936. The minimum atomic E-state index is -0.286. The van der Waals surface area contributed by atoms with Crippen LogP contribution in [-0.4, -0.2) is 28.7 Å². The standard InChI is InChI=1S/C13H14FN3O/c1-13(18-2)6-11(13)17-12-9-5-8(14)3-4-10(9)15-7-16-12/h3-5,7,11H,6H2,1-2H3,(H,15,16,17)/t11-,13+/m1/s1. The van der Waals surface area contributed by atoms with Crippen LogP contribution in [0.5, 0.6) is 0 Å². The Morgan fingerprint density at radius 2 is 2.28 bits per heavy atom. The molecule has 0 aliphatic heterocycles. The van der Waals surface area contributed by atoms with Crippen molar-refractivity contribution in [2.75, 3.05) is 12.4 Å². The average Bonchev–Trinajstić information content (AvgIpc) is 3.02. The van der Waals surface area contributed by atoms with Gasteiger partial charge in [0.05, 0.1) is 17.2 Å². The Morgan fingerprint density at radius 1 is 1.44 bits per heavy atom. The number of benzene rings is 1. The van der Waals surface area contributed by atoms with Gasteiger partial charge in [-0.25, -0.2) is 14.4 Å². The van der Waals surface area contributed by atoms with Crippen LogP contribution in [0.4, 0.5) is 10.2 Å². The van der Waals surface area contributed by atoms with E-state index in [2.05, 4.69) is 15.3 Å². The summed E-state index contributed by atoms with van der Waals surface area (Å²) in [6.45, 7) is 2.04. The van der Waals surface area contributed by atoms with E-state index in [0.717, 1.165) is 11.9 Å². The maximum Gasteiger partial charge on any atom is 0.137 e. The third-order valence-electron chi connectivity index (χ3n) is 3.56. The van der Waals surface area contributed by atoms with Gasteiger partial charge < -0.3 is 10.1 Å². The van der Waals surface area contributed by atoms with Crippen LogP contribution in [0.2, 0.25) is 0 Å². The lowest BCUT2D eigenvalue weighted by atomic mass is 10.2. The van der Waals surface area contributed by atoms with Gasteiger partial charge in [-0.3, -0.25) is 0 Å². The smallest absolute Gasteiger partial charge is 0.137 e. The Bertz CT molecular complexity index is 604. The first-order chi connectivity index (χ1) is 8.62. The molecule has 1 fully saturated rings. The third-order valence-corrected chi connectivity index (χ3v) is 3.56. The Labute approximate surface area is 104 Å². The highest BCUT2D eigenvalue weighted by atomic mass is 19.1. The number of fused-ring (bicyclic) bond motifs is 1. The molecule has 5 heteroatoms. The van der Waals surface area contributed by atoms with E-state index in [1.54, 1.807) is 13.2 Å². The summed E-state index contributed by atoms with van der Waals surface area (Å²) >= 11 is 0. The molecule has 3 rings (SSSR count). The summed E-state index contributed by atoms with van der Waals surface area (Å²) in [4.78, 5) is 8.30. The predicted octanol–water partition coefficient (Wildman–Crippen LogP) is 2.36. The normalized spacial score (nSPS) is 26.3. The first kappa shape index (κ1) is 11.3. The largest absolute Gasteiger partial charge is 0.376 e. The number of anilines is 1. The number of nitrogens with zero attached hydrogens (tertiary/aromatic N) is 2. The van der Waals surface area contributed by atoms with Crippen molar-refractivity contribution in [3.8, 4) is 0 Å². The zero-order valence-electron chi connectivity index (χ0n) is 10.3. The number of ether oxygens (including phenoxy) is 1. The zero-order valence-corrected chi connectivity index (χ0v) is 10.3. The van der Waals surface area contributed by atoms with Crippen LogP contribution in [0.25, 0.3) is 10.9 Å². The molecule has 0 unspecified atom stereocenters. The quantitative estimate of drug-likeness (QED) is 0.904. The first-order valence-electron chi connectivity index (χ1n) is 5.84. The van der Waals surface area contributed by atoms with E-state index in [9.17, 15) is 4.39 Å². The van der Waals surface area contributed by atoms with Crippen molar-refractivity contribution in [2.24, 2.45) is 0 Å². The number of halogens is 1. The van der Waals surface area contributed by atoms with E-state index in [1.807, 2.05) is 6.92 Å². The summed E-state index contributed by atoms with van der Waals surface area (Å²) in [5.41, 5.74) is 0.582. The highest BCUT2D eigenvalue weighted by Gasteiger charge is 2.51. The predicted molar refractivity (Wildman–Crippen MR) is 66.9 cm³/mol. The minimum Gasteiger partial charge on any atom is -0.376 e. The maximum atomic E-state index is 13.3. The monoisotopic (exact) mass is 247 g/mol. The minimum absolute atomic E-state index is 0.148. The van der Waals surface area contributed by atoms with Gasteiger partial charge in [-0.15, -0.1) is 0 Å². The molecule has 1 aromatic heterocycles. The summed E-state index contributed by atoms with van der Waals surface area (Å²) in [5, 5.41) is 3.98. The van der Waals surface area contributed by atoms with Gasteiger partial charge in [0.1, 0.15) is 18.0 Å². The maximum absolute atomic E-state index is 13.3. The number of methoxy groups -OCH3 is 1. The second-order valence-corrected chi connectivity index (χ2v) is 4.80. The molecule has 0 radical (unpaired) electrons. The van der Waals surface area contributed by atoms with E-state index >= 15 is 0 Å². The van der Waals surface area contributed by atoms with Crippen LogP contribution in [0.1, 0.15) is 13.3 Å². The fourth-order valence-corrected chi connectivity index (χ4v) is 2.08. The molecule has 2 atom stereocenters. The zero-order chi connectivity index (χ0) is 12.8. The second kappa shape index (κ2) is 3.88. The van der Waals surface area contributed by atoms with Crippen molar-refractivity contribution in [3.05, 3.63) is 30.3 Å². The SMILES string of the molecule is CO[C@@]1(C)C[C@H]1Nc1ncnc2ccc(F)cc12. The highest BCUT2D eigenvalue weighted by molar-refractivity contribution is 5.89. The number of rotatable bonds is 3. The lowest BCUT2D eigenvalue weighted by Gasteiger charge is -2.11. The Kier molecular flexibility index (Phi) is 2.45. The molecule has 1 aliphatic carbocycles. The molecule has 1 saturated carbocycles. The summed E-state index contributed by atoms with van der Waals surface area (Å²) in [5.74, 6) is 0.371. The van der Waals surface area contributed by atoms with Gasteiger partial charge in [0.15, 0.2) is 0 Å². The number of aromatic nitrogens is 2. The van der Waals surface area contributed by atoms with Crippen molar-refractivity contribution >= 4 is 16.7 Å². The van der Waals surface area contributed by atoms with Gasteiger partial charge in [0.2, 0.25) is 0 Å². The molecule has 18 heavy (non-hydrogen) atoms. The van der Waals surface area contributed by atoms with Crippen molar-refractivity contribution in [1.82, 2.24) is 9.97 Å². The van der Waals surface area contributed by atoms with E-state index in [4.69, 9.17) is 4.74 Å². The molecule has 0 amide bonds. The number of nitrogens with one attached hydrogen (secondary N) is 1. The average molecular weight is 247 g/mol. The summed E-state index contributed by atoms with van der Waals surface area (Å²) in [6, 6.07) is 4.71. The first-order valence-corrected chi connectivity index (χ1v) is 5.84. The van der Waals surface area contributed by atoms with Crippen molar-refractivity contribution in [3.63, 3.8) is 0 Å². The molecule has 0 saturated heterocycles. The topological polar surface area (TPSA) is 47.0 Å². The Hall–Kier alpha value is -1.75. The molecule has 4 nitrogen and oxygen atoms in total. The summed E-state index contributed by atoms with van der Waals surface area (Å²) in [6.07, 6.45) is 2.40. The Morgan fingerprint density at radius 3 is 3.00 bits per heavy atom. The van der Waals surface area contributed by atoms with E-state index in [-0.39, 0.29) is 17.5 Å². The van der Waals surface area contributed by atoms with Crippen molar-refractivity contribution < 1.29 is 9.13 Å². The van der Waals surface area contributed by atoms with Crippen molar-refractivity contribution in [2.45, 2.75) is 25.0 Å². The Balaban J connectivity index is 1.95. The van der Waals surface area contributed by atoms with Crippen LogP contribution in [0.3, 0.4) is 0 Å². The fraction of sp³-hybridized carbons (Fsp3) is 0.385. The second-order valence-electron chi connectivity index (χ2n) is 4.80. The van der Waals surface area contributed by atoms with Crippen LogP contribution in [0, 0.1) is 5.82 Å². The molecule has 94 valence electrons. The summed E-state index contributed by atoms with van der Waals surface area (Å²) in [7, 11) is 1.69. The van der Waals surface area contributed by atoms with Gasteiger partial charge in [0.25, 0.3) is 0 Å². The number of hydrogen-bond acceptors (Lipinski definition) is 4. The van der Waals surface area contributed by atoms with E-state index < -0.39 is 0 Å². The van der Waals surface area contributed by atoms with Gasteiger partial charge >= 0.3 is 0 Å². The molecule has 1 aromatic carbocycles. The fourth-order valence-electron chi connectivity index (χ4n) is 2.08. The van der Waals surface area contributed by atoms with E-state index in [0.29, 0.717) is 11.2 Å². The van der Waals surface area contributed by atoms with Gasteiger partial charge in [-0.2, -0.15) is 0 Å². The molecule has 0 bridgehead atoms. The molecular weight excluding hydrogens is 233 g/mol. The van der Waals surface area contributed by atoms with Gasteiger partial charge in [0, 0.05) is 18.9 Å². The van der Waals surface area contributed by atoms with E-state index in [1.165, 1.54) is 18.5 Å². The van der Waals surface area contributed by atoms with Crippen LogP contribution in [-0.2, 0) is 4.74 Å². The molecular formula is C13H14FN3O. The third kappa shape index (κ3) is 1.80. The van der Waals surface area contributed by atoms with Gasteiger partial charge in [-0.1, -0.05) is 0 Å². The van der Waals surface area contributed by atoms with Crippen molar-refractivity contribution in [1.29, 1.82) is 0 Å². The molecule has 1 N–H and O–H groups in total. The van der Waals surface area contributed by atoms with Gasteiger partial charge in [-0.05, 0) is 25.1 Å². The molecule has 1 heterocycles. The van der Waals surface area contributed by atoms with Crippen LogP contribution < -0.4 is 5.32 Å². The molecule has 2 aromatic rings. The van der Waals surface area contributed by atoms with Crippen LogP contribution >= 0.6 is 0 Å². The number of hydrogen-bond donors (Lipinski definition) is 1. The molecule has 1 aliphatic rings. The van der Waals surface area contributed by atoms with Crippen LogP contribution in [0.15, 0.2) is 24.5 Å². The molecule has 0 spiro atoms. The summed E-state index contributed by atoms with van der Waals surface area (Å²) < 4.78 is 18.7.